The summed E-state index contributed by atoms with van der Waals surface area (Å²) in [6.45, 7) is 3.92. The Morgan fingerprint density at radius 1 is 1.05 bits per heavy atom. The molecule has 0 bridgehead atoms. The number of benzene rings is 1. The van der Waals surface area contributed by atoms with Crippen LogP contribution in [0.1, 0.15) is 68.9 Å². The average Bonchev–Trinajstić information content (AvgIpc) is 3.63. The number of methoxy groups -OCH3 is 1. The molecule has 3 aromatic rings. The third kappa shape index (κ3) is 4.46. The summed E-state index contributed by atoms with van der Waals surface area (Å²) >= 11 is 0. The van der Waals surface area contributed by atoms with Gasteiger partial charge in [0.2, 0.25) is 0 Å². The Morgan fingerprint density at radius 2 is 1.76 bits per heavy atom. The molecule has 1 saturated carbocycles. The Hall–Kier alpha value is -4.01. The van der Waals surface area contributed by atoms with Gasteiger partial charge in [0.05, 0.1) is 36.7 Å². The predicted octanol–water partition coefficient (Wildman–Crippen LogP) is 4.44. The van der Waals surface area contributed by atoms with E-state index in [0.29, 0.717) is 22.9 Å². The molecule has 1 N–H and O–H groups in total. The van der Waals surface area contributed by atoms with Crippen molar-refractivity contribution < 1.29 is 18.7 Å². The molecule has 2 aromatic heterocycles. The van der Waals surface area contributed by atoms with Crippen molar-refractivity contribution in [3.05, 3.63) is 75.7 Å². The number of hydrogen-bond donors (Lipinski definition) is 1. The number of ether oxygens (including phenoxy) is 1. The van der Waals surface area contributed by atoms with E-state index in [1.54, 1.807) is 43.5 Å². The molecule has 5 rings (SSSR count). The molecule has 1 aliphatic heterocycles. The van der Waals surface area contributed by atoms with Crippen molar-refractivity contribution >= 4 is 17.4 Å². The molecule has 1 aromatic carbocycles. The maximum Gasteiger partial charge on any atom is 0.279 e. The molecule has 1 fully saturated rings. The highest BCUT2D eigenvalue weighted by Crippen LogP contribution is 2.37. The monoisotopic (exact) mass is 518 g/mol. The number of carbonyl (C=O) groups is 2. The van der Waals surface area contributed by atoms with Gasteiger partial charge >= 0.3 is 0 Å². The van der Waals surface area contributed by atoms with Crippen molar-refractivity contribution in [1.29, 1.82) is 0 Å². The lowest BCUT2D eigenvalue weighted by molar-refractivity contribution is -0.138. The summed E-state index contributed by atoms with van der Waals surface area (Å²) in [5.41, 5.74) is 1.53. The number of aromatic amines is 1. The predicted molar refractivity (Wildman–Crippen MR) is 143 cm³/mol. The molecule has 0 spiro atoms. The standard InChI is InChI=1S/C29H34N4O5/c1-18(2)25-23(28(35)33(30-25)20-12-14-21(37-4)15-13-20)24-26(31(3)19-9-6-5-7-10-19)29(36)32(27(24)34)17-22-11-8-16-38-22/h8,11-16,18-19,30H,5-7,9-10,17H2,1-4H3. The number of nitrogens with one attached hydrogen (secondary N) is 1. The third-order valence-corrected chi connectivity index (χ3v) is 7.59. The van der Waals surface area contributed by atoms with Gasteiger partial charge in [0.25, 0.3) is 17.4 Å². The van der Waals surface area contributed by atoms with Crippen LogP contribution in [0.15, 0.2) is 57.6 Å². The van der Waals surface area contributed by atoms with Crippen LogP contribution in [0.4, 0.5) is 0 Å². The van der Waals surface area contributed by atoms with Crippen LogP contribution in [-0.4, -0.2) is 51.6 Å². The first-order valence-electron chi connectivity index (χ1n) is 13.2. The summed E-state index contributed by atoms with van der Waals surface area (Å²) in [5, 5.41) is 3.23. The summed E-state index contributed by atoms with van der Waals surface area (Å²) < 4.78 is 12.1. The molecule has 0 saturated heterocycles. The van der Waals surface area contributed by atoms with Gasteiger partial charge in [0.1, 0.15) is 17.2 Å². The van der Waals surface area contributed by atoms with Gasteiger partial charge in [0, 0.05) is 18.8 Å². The number of amides is 2. The van der Waals surface area contributed by atoms with E-state index in [1.807, 2.05) is 25.8 Å². The molecule has 0 radical (unpaired) electrons. The highest BCUT2D eigenvalue weighted by molar-refractivity contribution is 6.35. The third-order valence-electron chi connectivity index (χ3n) is 7.59. The van der Waals surface area contributed by atoms with Crippen LogP contribution >= 0.6 is 0 Å². The van der Waals surface area contributed by atoms with Crippen LogP contribution in [0.5, 0.6) is 5.75 Å². The molecule has 9 nitrogen and oxygen atoms in total. The van der Waals surface area contributed by atoms with Gasteiger partial charge < -0.3 is 14.1 Å². The van der Waals surface area contributed by atoms with Gasteiger partial charge in [-0.05, 0) is 55.2 Å². The normalized spacial score (nSPS) is 16.7. The zero-order chi connectivity index (χ0) is 27.0. The van der Waals surface area contributed by atoms with E-state index >= 15 is 0 Å². The van der Waals surface area contributed by atoms with Crippen LogP contribution in [-0.2, 0) is 16.1 Å². The smallest absolute Gasteiger partial charge is 0.279 e. The minimum Gasteiger partial charge on any atom is -0.497 e. The summed E-state index contributed by atoms with van der Waals surface area (Å²) in [5.74, 6) is 0.181. The summed E-state index contributed by atoms with van der Waals surface area (Å²) in [7, 11) is 3.45. The number of furan rings is 1. The van der Waals surface area contributed by atoms with Gasteiger partial charge in [0.15, 0.2) is 0 Å². The Bertz CT molecular complexity index is 1410. The Kier molecular flexibility index (Phi) is 7.01. The molecule has 1 aliphatic carbocycles. The average molecular weight is 519 g/mol. The number of H-pyrrole nitrogens is 1. The van der Waals surface area contributed by atoms with Crippen molar-refractivity contribution in [2.75, 3.05) is 14.2 Å². The van der Waals surface area contributed by atoms with E-state index in [2.05, 4.69) is 5.10 Å². The van der Waals surface area contributed by atoms with Crippen LogP contribution < -0.4 is 10.3 Å². The van der Waals surface area contributed by atoms with Crippen LogP contribution in [0, 0.1) is 0 Å². The minimum absolute atomic E-state index is 0.00424. The van der Waals surface area contributed by atoms with Crippen LogP contribution in [0.2, 0.25) is 0 Å². The molecular weight excluding hydrogens is 484 g/mol. The summed E-state index contributed by atoms with van der Waals surface area (Å²) in [4.78, 5) is 45.0. The zero-order valence-corrected chi connectivity index (χ0v) is 22.3. The minimum atomic E-state index is -0.482. The number of rotatable bonds is 8. The van der Waals surface area contributed by atoms with E-state index < -0.39 is 11.8 Å². The highest BCUT2D eigenvalue weighted by Gasteiger charge is 2.45. The molecule has 200 valence electrons. The molecule has 0 unspecified atom stereocenters. The Balaban J connectivity index is 1.67. The van der Waals surface area contributed by atoms with E-state index in [4.69, 9.17) is 9.15 Å². The first-order valence-corrected chi connectivity index (χ1v) is 13.2. The molecule has 0 atom stereocenters. The largest absolute Gasteiger partial charge is 0.497 e. The first-order chi connectivity index (χ1) is 18.3. The molecule has 2 aliphatic rings. The van der Waals surface area contributed by atoms with Gasteiger partial charge in [-0.1, -0.05) is 33.1 Å². The topological polar surface area (TPSA) is 101 Å². The van der Waals surface area contributed by atoms with Gasteiger partial charge in [-0.2, -0.15) is 0 Å². The second-order valence-electron chi connectivity index (χ2n) is 10.3. The fraction of sp³-hybridized carbons (Fsp3) is 0.414. The number of nitrogens with zero attached hydrogens (tertiary/aromatic N) is 3. The van der Waals surface area contributed by atoms with Crippen LogP contribution in [0.25, 0.3) is 11.3 Å². The van der Waals surface area contributed by atoms with Crippen molar-refractivity contribution in [3.8, 4) is 11.4 Å². The van der Waals surface area contributed by atoms with Gasteiger partial charge in [-0.25, -0.2) is 4.68 Å². The van der Waals surface area contributed by atoms with E-state index in [9.17, 15) is 14.4 Å². The fourth-order valence-electron chi connectivity index (χ4n) is 5.50. The summed E-state index contributed by atoms with van der Waals surface area (Å²) in [6, 6.07) is 10.7. The zero-order valence-electron chi connectivity index (χ0n) is 22.3. The molecule has 3 heterocycles. The maximum atomic E-state index is 14.0. The molecule has 9 heteroatoms. The lowest BCUT2D eigenvalue weighted by Gasteiger charge is -2.33. The summed E-state index contributed by atoms with van der Waals surface area (Å²) in [6.07, 6.45) is 6.69. The number of carbonyl (C=O) groups excluding carboxylic acids is 2. The van der Waals surface area contributed by atoms with Crippen molar-refractivity contribution in [2.45, 2.75) is 64.5 Å². The van der Waals surface area contributed by atoms with Gasteiger partial charge in [-0.3, -0.25) is 24.4 Å². The number of aromatic nitrogens is 2. The SMILES string of the molecule is COc1ccc(-n2[nH]c(C(C)C)c(C3=C(N(C)C4CCCCC4)C(=O)N(Cc4ccco4)C3=O)c2=O)cc1. The van der Waals surface area contributed by atoms with E-state index in [-0.39, 0.29) is 40.9 Å². The second kappa shape index (κ2) is 10.4. The number of likely N-dealkylation sites (N-methyl/N-ethyl adjacent to an activating group) is 1. The second-order valence-corrected chi connectivity index (χ2v) is 10.3. The van der Waals surface area contributed by atoms with Gasteiger partial charge in [-0.15, -0.1) is 0 Å². The fourth-order valence-corrected chi connectivity index (χ4v) is 5.50. The van der Waals surface area contributed by atoms with E-state index in [1.165, 1.54) is 15.8 Å². The van der Waals surface area contributed by atoms with E-state index in [0.717, 1.165) is 32.1 Å². The quantitative estimate of drug-likeness (QED) is 0.443. The molecule has 2 amide bonds. The Labute approximate surface area is 221 Å². The lowest BCUT2D eigenvalue weighted by atomic mass is 9.93. The van der Waals surface area contributed by atoms with Crippen LogP contribution in [0.3, 0.4) is 0 Å². The van der Waals surface area contributed by atoms with Crippen molar-refractivity contribution in [3.63, 3.8) is 0 Å². The molecular formula is C29H34N4O5. The lowest BCUT2D eigenvalue weighted by Crippen LogP contribution is -2.38. The molecule has 38 heavy (non-hydrogen) atoms. The van der Waals surface area contributed by atoms with Crippen molar-refractivity contribution in [2.24, 2.45) is 0 Å². The number of imide groups is 1. The highest BCUT2D eigenvalue weighted by atomic mass is 16.5. The Morgan fingerprint density at radius 3 is 2.37 bits per heavy atom. The maximum absolute atomic E-state index is 14.0. The van der Waals surface area contributed by atoms with Crippen molar-refractivity contribution in [1.82, 2.24) is 19.6 Å². The first kappa shape index (κ1) is 25.6. The number of hydrogen-bond acceptors (Lipinski definition) is 6.